The Morgan fingerprint density at radius 3 is 2.67 bits per heavy atom. The van der Waals surface area contributed by atoms with E-state index in [9.17, 15) is 18.4 Å². The lowest BCUT2D eigenvalue weighted by atomic mass is 9.86. The largest absolute Gasteiger partial charge is 0.312 e. The number of hydrogen-bond donors (Lipinski definition) is 1. The van der Waals surface area contributed by atoms with Gasteiger partial charge in [0.05, 0.1) is 5.56 Å². The van der Waals surface area contributed by atoms with Crippen molar-refractivity contribution in [3.63, 3.8) is 0 Å². The van der Waals surface area contributed by atoms with Crippen molar-refractivity contribution in [2.75, 3.05) is 5.32 Å². The molecule has 4 rings (SSSR count). The number of thioether (sulfide) groups is 1. The zero-order chi connectivity index (χ0) is 21.4. The van der Waals surface area contributed by atoms with Crippen LogP contribution in [0.5, 0.6) is 0 Å². The Hall–Kier alpha value is -2.71. The van der Waals surface area contributed by atoms with Gasteiger partial charge in [0.15, 0.2) is 16.8 Å². The third-order valence-corrected chi connectivity index (χ3v) is 6.29. The third kappa shape index (κ3) is 3.85. The second-order valence-electron chi connectivity index (χ2n) is 6.88. The van der Waals surface area contributed by atoms with E-state index < -0.39 is 23.1 Å². The lowest BCUT2D eigenvalue weighted by molar-refractivity contribution is -0.116. The van der Waals surface area contributed by atoms with Gasteiger partial charge in [0.25, 0.3) is 5.56 Å². The summed E-state index contributed by atoms with van der Waals surface area (Å²) in [6.07, 6.45) is -0.165. The summed E-state index contributed by atoms with van der Waals surface area (Å²) in [5.74, 6) is -2.60. The number of hydrogen-bond acceptors (Lipinski definition) is 4. The second kappa shape index (κ2) is 8.20. The minimum absolute atomic E-state index is 0.0356. The van der Waals surface area contributed by atoms with Crippen molar-refractivity contribution in [1.82, 2.24) is 9.55 Å². The van der Waals surface area contributed by atoms with Crippen LogP contribution in [-0.2, 0) is 17.6 Å². The quantitative estimate of drug-likeness (QED) is 0.473. The SMILES string of the molecule is Cn1c(SCc2ccc(Cl)cc2)nc(=O)c2c1NC(=O)CC2c1cccc(F)c1F. The van der Waals surface area contributed by atoms with Gasteiger partial charge in [-0.2, -0.15) is 4.98 Å². The lowest BCUT2D eigenvalue weighted by Gasteiger charge is -2.27. The van der Waals surface area contributed by atoms with E-state index in [2.05, 4.69) is 10.3 Å². The maximum atomic E-state index is 14.4. The number of carbonyl (C=O) groups excluding carboxylic acids is 1. The van der Waals surface area contributed by atoms with E-state index in [0.717, 1.165) is 11.6 Å². The summed E-state index contributed by atoms with van der Waals surface area (Å²) in [5, 5.41) is 3.71. The Bertz CT molecular complexity index is 1200. The Kier molecular flexibility index (Phi) is 5.62. The molecular weight excluding hydrogens is 432 g/mol. The topological polar surface area (TPSA) is 64.0 Å². The number of nitrogens with one attached hydrogen (secondary N) is 1. The van der Waals surface area contributed by atoms with Crippen LogP contribution in [0.3, 0.4) is 0 Å². The number of anilines is 1. The first-order chi connectivity index (χ1) is 14.3. The van der Waals surface area contributed by atoms with Gasteiger partial charge in [-0.25, -0.2) is 8.78 Å². The molecule has 1 aliphatic heterocycles. The van der Waals surface area contributed by atoms with E-state index in [1.54, 1.807) is 23.7 Å². The maximum absolute atomic E-state index is 14.4. The lowest BCUT2D eigenvalue weighted by Crippen LogP contribution is -2.34. The molecule has 5 nitrogen and oxygen atoms in total. The molecule has 0 fully saturated rings. The number of halogens is 3. The zero-order valence-corrected chi connectivity index (χ0v) is 17.4. The molecule has 0 bridgehead atoms. The number of rotatable bonds is 4. The van der Waals surface area contributed by atoms with Gasteiger partial charge in [0.1, 0.15) is 5.82 Å². The van der Waals surface area contributed by atoms with Gasteiger partial charge in [0, 0.05) is 30.2 Å². The van der Waals surface area contributed by atoms with Crippen LogP contribution in [0.4, 0.5) is 14.6 Å². The predicted octanol–water partition coefficient (Wildman–Crippen LogP) is 4.48. The van der Waals surface area contributed by atoms with Crippen molar-refractivity contribution in [2.45, 2.75) is 23.2 Å². The van der Waals surface area contributed by atoms with Crippen LogP contribution in [0.15, 0.2) is 52.4 Å². The van der Waals surface area contributed by atoms with Crippen LogP contribution in [-0.4, -0.2) is 15.5 Å². The van der Waals surface area contributed by atoms with Gasteiger partial charge >= 0.3 is 0 Å². The standard InChI is InChI=1S/C21H16ClF2N3O2S/c1-27-19-17(14(9-16(28)25-19)13-3-2-4-15(23)18(13)24)20(29)26-21(27)30-10-11-5-7-12(22)8-6-11/h2-8,14H,9-10H2,1H3,(H,25,28). The van der Waals surface area contributed by atoms with Crippen LogP contribution in [0.1, 0.15) is 29.0 Å². The molecule has 0 radical (unpaired) electrons. The highest BCUT2D eigenvalue weighted by Gasteiger charge is 2.34. The number of aromatic nitrogens is 2. The maximum Gasteiger partial charge on any atom is 0.279 e. The molecule has 30 heavy (non-hydrogen) atoms. The molecule has 1 amide bonds. The van der Waals surface area contributed by atoms with Gasteiger partial charge in [-0.3, -0.25) is 9.59 Å². The summed E-state index contributed by atoms with van der Waals surface area (Å²) in [6, 6.07) is 11.0. The van der Waals surface area contributed by atoms with Crippen molar-refractivity contribution in [1.29, 1.82) is 0 Å². The molecule has 0 spiro atoms. The molecule has 1 aromatic heterocycles. The summed E-state index contributed by atoms with van der Waals surface area (Å²) in [5.41, 5.74) is 0.527. The molecule has 1 atom stereocenters. The van der Waals surface area contributed by atoms with Crippen molar-refractivity contribution in [2.24, 2.45) is 7.05 Å². The van der Waals surface area contributed by atoms with E-state index >= 15 is 0 Å². The number of fused-ring (bicyclic) bond motifs is 1. The minimum Gasteiger partial charge on any atom is -0.312 e. The average Bonchev–Trinajstić information content (AvgIpc) is 2.72. The number of carbonyl (C=O) groups is 1. The minimum atomic E-state index is -1.06. The summed E-state index contributed by atoms with van der Waals surface area (Å²) in [7, 11) is 1.67. The fraction of sp³-hybridized carbons (Fsp3) is 0.190. The molecule has 0 saturated heterocycles. The number of benzene rings is 2. The second-order valence-corrected chi connectivity index (χ2v) is 8.26. The number of amides is 1. The Balaban J connectivity index is 1.74. The summed E-state index contributed by atoms with van der Waals surface area (Å²) >= 11 is 7.22. The van der Waals surface area contributed by atoms with E-state index in [1.165, 1.54) is 23.9 Å². The first-order valence-electron chi connectivity index (χ1n) is 9.07. The smallest absolute Gasteiger partial charge is 0.279 e. The normalized spacial score (nSPS) is 15.6. The monoisotopic (exact) mass is 447 g/mol. The molecule has 2 aromatic carbocycles. The molecule has 1 N–H and O–H groups in total. The van der Waals surface area contributed by atoms with Gasteiger partial charge in [0.2, 0.25) is 5.91 Å². The molecule has 3 aromatic rings. The third-order valence-electron chi connectivity index (χ3n) is 4.94. The Labute approximate surface area is 180 Å². The summed E-state index contributed by atoms with van der Waals surface area (Å²) in [6.45, 7) is 0. The van der Waals surface area contributed by atoms with Crippen LogP contribution >= 0.6 is 23.4 Å². The fourth-order valence-electron chi connectivity index (χ4n) is 3.45. The molecule has 9 heteroatoms. The van der Waals surface area contributed by atoms with Gasteiger partial charge in [-0.15, -0.1) is 0 Å². The van der Waals surface area contributed by atoms with E-state index in [4.69, 9.17) is 11.6 Å². The van der Waals surface area contributed by atoms with Crippen LogP contribution < -0.4 is 10.9 Å². The molecule has 2 heterocycles. The highest BCUT2D eigenvalue weighted by molar-refractivity contribution is 7.98. The molecule has 0 aliphatic carbocycles. The average molecular weight is 448 g/mol. The Morgan fingerprint density at radius 1 is 1.20 bits per heavy atom. The highest BCUT2D eigenvalue weighted by Crippen LogP contribution is 2.37. The Morgan fingerprint density at radius 2 is 1.93 bits per heavy atom. The van der Waals surface area contributed by atoms with Gasteiger partial charge < -0.3 is 9.88 Å². The van der Waals surface area contributed by atoms with Crippen molar-refractivity contribution in [3.05, 3.63) is 86.2 Å². The van der Waals surface area contributed by atoms with E-state index in [-0.39, 0.29) is 29.3 Å². The summed E-state index contributed by atoms with van der Waals surface area (Å²) < 4.78 is 29.8. The van der Waals surface area contributed by atoms with Crippen LogP contribution in [0.25, 0.3) is 0 Å². The van der Waals surface area contributed by atoms with Gasteiger partial charge in [-0.05, 0) is 29.3 Å². The molecular formula is C21H16ClF2N3O2S. The first kappa shape index (κ1) is 20.6. The molecule has 0 saturated carbocycles. The first-order valence-corrected chi connectivity index (χ1v) is 10.4. The highest BCUT2D eigenvalue weighted by atomic mass is 35.5. The van der Waals surface area contributed by atoms with Crippen molar-refractivity contribution < 1.29 is 13.6 Å². The van der Waals surface area contributed by atoms with Crippen LogP contribution in [0, 0.1) is 11.6 Å². The van der Waals surface area contributed by atoms with Crippen LogP contribution in [0.2, 0.25) is 5.02 Å². The predicted molar refractivity (Wildman–Crippen MR) is 112 cm³/mol. The van der Waals surface area contributed by atoms with Gasteiger partial charge in [-0.1, -0.05) is 47.6 Å². The van der Waals surface area contributed by atoms with Crippen molar-refractivity contribution >= 4 is 35.1 Å². The van der Waals surface area contributed by atoms with E-state index in [0.29, 0.717) is 15.9 Å². The van der Waals surface area contributed by atoms with E-state index in [1.807, 2.05) is 12.1 Å². The molecule has 154 valence electrons. The molecule has 1 unspecified atom stereocenters. The zero-order valence-electron chi connectivity index (χ0n) is 15.8. The van der Waals surface area contributed by atoms with Crippen molar-refractivity contribution in [3.8, 4) is 0 Å². The summed E-state index contributed by atoms with van der Waals surface area (Å²) in [4.78, 5) is 29.3. The number of nitrogens with zero attached hydrogens (tertiary/aromatic N) is 2. The molecule has 1 aliphatic rings. The fourth-order valence-corrected chi connectivity index (χ4v) is 4.49.